The number of nitrogens with one attached hydrogen (secondary N) is 2. The number of anilines is 1. The van der Waals surface area contributed by atoms with E-state index in [2.05, 4.69) is 35.5 Å². The quantitative estimate of drug-likeness (QED) is 0.158. The van der Waals surface area contributed by atoms with Crippen molar-refractivity contribution >= 4 is 34.8 Å². The van der Waals surface area contributed by atoms with E-state index >= 15 is 0 Å². The summed E-state index contributed by atoms with van der Waals surface area (Å²) in [5, 5.41) is 8.33. The molecular weight excluding hydrogens is 649 g/mol. The van der Waals surface area contributed by atoms with Crippen LogP contribution in [0.25, 0.3) is 21.6 Å². The summed E-state index contributed by atoms with van der Waals surface area (Å²) in [5.74, 6) is -0.276. The number of carbonyl (C=O) groups is 3. The van der Waals surface area contributed by atoms with Crippen molar-refractivity contribution in [3.63, 3.8) is 0 Å². The summed E-state index contributed by atoms with van der Waals surface area (Å²) in [6, 6.07) is 12.9. The molecule has 0 saturated heterocycles. The van der Waals surface area contributed by atoms with Crippen molar-refractivity contribution in [1.29, 1.82) is 0 Å². The molecule has 1 fully saturated rings. The second-order valence-electron chi connectivity index (χ2n) is 13.1. The third-order valence-corrected chi connectivity index (χ3v) is 10.7. The van der Waals surface area contributed by atoms with Crippen molar-refractivity contribution in [2.24, 2.45) is 11.7 Å². The number of fused-ring (bicyclic) bond motifs is 3. The van der Waals surface area contributed by atoms with E-state index in [4.69, 9.17) is 15.2 Å². The standard InChI is InChI=1S/C38H42N4O5S.C2H6/c1-6-23-9-12-38(4,19-23)42-36(44)30-8-7-26(33(40-30)37(45)46-5)27-18-31-29(34-25(10-13-47-31)11-14-48-34)17-28(27)35(43)41-32-21(2)15-24(20-39)16-22(32)3;1-2/h7-8,11,14-18,23H,6,9-10,12-13,19-20,39H2,1-5H3,(H,41,43)(H,42,44);1-2H3. The molecule has 4 N–H and O–H groups in total. The van der Waals surface area contributed by atoms with E-state index in [1.807, 2.05) is 51.3 Å². The van der Waals surface area contributed by atoms with E-state index in [0.29, 0.717) is 47.2 Å². The van der Waals surface area contributed by atoms with Crippen molar-refractivity contribution in [3.8, 4) is 27.3 Å². The summed E-state index contributed by atoms with van der Waals surface area (Å²) in [5.41, 5.74) is 12.1. The Hall–Kier alpha value is -4.54. The largest absolute Gasteiger partial charge is 0.493 e. The molecule has 10 heteroatoms. The van der Waals surface area contributed by atoms with Crippen LogP contribution in [0.3, 0.4) is 0 Å². The average Bonchev–Trinajstić information content (AvgIpc) is 3.71. The molecule has 264 valence electrons. The van der Waals surface area contributed by atoms with E-state index in [9.17, 15) is 14.4 Å². The third kappa shape index (κ3) is 7.46. The van der Waals surface area contributed by atoms with Crippen molar-refractivity contribution in [1.82, 2.24) is 10.3 Å². The zero-order chi connectivity index (χ0) is 36.2. The highest BCUT2D eigenvalue weighted by Crippen LogP contribution is 2.44. The van der Waals surface area contributed by atoms with Crippen molar-refractivity contribution < 1.29 is 23.9 Å². The summed E-state index contributed by atoms with van der Waals surface area (Å²) < 4.78 is 11.4. The Morgan fingerprint density at radius 1 is 1.04 bits per heavy atom. The van der Waals surface area contributed by atoms with E-state index in [0.717, 1.165) is 64.8 Å². The highest BCUT2D eigenvalue weighted by molar-refractivity contribution is 7.13. The molecular formula is C40H48N4O5S. The Kier molecular flexibility index (Phi) is 11.4. The molecule has 1 aliphatic carbocycles. The molecule has 9 nitrogen and oxygen atoms in total. The van der Waals surface area contributed by atoms with Gasteiger partial charge in [0.05, 0.1) is 13.7 Å². The molecule has 2 unspecified atom stereocenters. The zero-order valence-corrected chi connectivity index (χ0v) is 30.9. The third-order valence-electron chi connectivity index (χ3n) is 9.68. The molecule has 1 aliphatic heterocycles. The maximum Gasteiger partial charge on any atom is 0.357 e. The van der Waals surface area contributed by atoms with Crippen LogP contribution < -0.4 is 21.1 Å². The minimum atomic E-state index is -0.718. The van der Waals surface area contributed by atoms with Crippen molar-refractivity contribution in [2.45, 2.75) is 85.7 Å². The number of aryl methyl sites for hydroxylation is 2. The number of esters is 1. The number of hydrogen-bond acceptors (Lipinski definition) is 8. The number of benzene rings is 2. The number of ether oxygens (including phenoxy) is 2. The van der Waals surface area contributed by atoms with Crippen molar-refractivity contribution in [2.75, 3.05) is 19.0 Å². The topological polar surface area (TPSA) is 133 Å². The van der Waals surface area contributed by atoms with E-state index < -0.39 is 5.97 Å². The summed E-state index contributed by atoms with van der Waals surface area (Å²) in [7, 11) is 1.27. The van der Waals surface area contributed by atoms with Gasteiger partial charge in [-0.3, -0.25) is 9.59 Å². The van der Waals surface area contributed by atoms with E-state index in [1.54, 1.807) is 29.5 Å². The molecule has 0 spiro atoms. The summed E-state index contributed by atoms with van der Waals surface area (Å²) in [4.78, 5) is 46.7. The van der Waals surface area contributed by atoms with Crippen LogP contribution >= 0.6 is 11.3 Å². The molecule has 0 bridgehead atoms. The number of rotatable bonds is 8. The van der Waals surface area contributed by atoms with E-state index in [-0.39, 0.29) is 28.7 Å². The van der Waals surface area contributed by atoms with Crippen LogP contribution in [0.1, 0.15) is 107 Å². The number of hydrogen-bond donors (Lipinski definition) is 3. The van der Waals surface area contributed by atoms with Gasteiger partial charge in [0.25, 0.3) is 11.8 Å². The summed E-state index contributed by atoms with van der Waals surface area (Å²) in [6.07, 6.45) is 4.63. The number of methoxy groups -OCH3 is 1. The van der Waals surface area contributed by atoms with Gasteiger partial charge in [0.2, 0.25) is 0 Å². The Morgan fingerprint density at radius 3 is 2.44 bits per heavy atom. The van der Waals surface area contributed by atoms with Crippen LogP contribution in [0.5, 0.6) is 5.75 Å². The van der Waals surface area contributed by atoms with Gasteiger partial charge < -0.3 is 25.8 Å². The number of amides is 2. The lowest BCUT2D eigenvalue weighted by Gasteiger charge is -2.26. The van der Waals surface area contributed by atoms with Gasteiger partial charge in [0.1, 0.15) is 11.4 Å². The lowest BCUT2D eigenvalue weighted by molar-refractivity contribution is 0.0594. The van der Waals surface area contributed by atoms with Gasteiger partial charge in [-0.05, 0) is 104 Å². The monoisotopic (exact) mass is 696 g/mol. The maximum absolute atomic E-state index is 14.3. The van der Waals surface area contributed by atoms with Gasteiger partial charge in [-0.15, -0.1) is 11.3 Å². The molecule has 2 amide bonds. The highest BCUT2D eigenvalue weighted by Gasteiger charge is 2.36. The number of aromatic nitrogens is 1. The van der Waals surface area contributed by atoms with Gasteiger partial charge in [-0.25, -0.2) is 9.78 Å². The Morgan fingerprint density at radius 2 is 1.78 bits per heavy atom. The number of carbonyl (C=O) groups excluding carboxylic acids is 3. The number of thiophene rings is 1. The van der Waals surface area contributed by atoms with Crippen LogP contribution in [-0.2, 0) is 17.7 Å². The fourth-order valence-electron chi connectivity index (χ4n) is 7.10. The first-order chi connectivity index (χ1) is 24.0. The van der Waals surface area contributed by atoms with Gasteiger partial charge in [-0.2, -0.15) is 0 Å². The van der Waals surface area contributed by atoms with Crippen LogP contribution in [0.15, 0.2) is 47.8 Å². The minimum Gasteiger partial charge on any atom is -0.493 e. The molecule has 4 aromatic rings. The Balaban J connectivity index is 0.00000239. The van der Waals surface area contributed by atoms with Crippen molar-refractivity contribution in [3.05, 3.63) is 87.0 Å². The first-order valence-corrected chi connectivity index (χ1v) is 18.3. The van der Waals surface area contributed by atoms with Crippen LogP contribution in [0.2, 0.25) is 0 Å². The van der Waals surface area contributed by atoms with E-state index in [1.165, 1.54) is 7.11 Å². The van der Waals surface area contributed by atoms with Gasteiger partial charge >= 0.3 is 5.97 Å². The predicted molar refractivity (Wildman–Crippen MR) is 200 cm³/mol. The SMILES string of the molecule is CC.CCC1CCC(C)(NC(=O)c2ccc(-c3cc4c(cc3C(=O)Nc3c(C)cc(CN)cc3C)-c3sccc3CCO4)c(C(=O)OC)n2)C1. The average molecular weight is 697 g/mol. The Labute approximate surface area is 299 Å². The fourth-order valence-corrected chi connectivity index (χ4v) is 8.07. The first kappa shape index (κ1) is 36.7. The van der Waals surface area contributed by atoms with Gasteiger partial charge in [-0.1, -0.05) is 39.3 Å². The molecule has 1 saturated carbocycles. The maximum atomic E-state index is 14.3. The van der Waals surface area contributed by atoms with Gasteiger partial charge in [0.15, 0.2) is 5.69 Å². The number of nitrogens with two attached hydrogens (primary N) is 1. The lowest BCUT2D eigenvalue weighted by atomic mass is 9.93. The predicted octanol–water partition coefficient (Wildman–Crippen LogP) is 8.25. The molecule has 2 aromatic heterocycles. The molecule has 6 rings (SSSR count). The second kappa shape index (κ2) is 15.6. The fraction of sp³-hybridized carbons (Fsp3) is 0.400. The summed E-state index contributed by atoms with van der Waals surface area (Å²) in [6.45, 7) is 13.0. The normalized spacial score (nSPS) is 17.6. The molecule has 50 heavy (non-hydrogen) atoms. The van der Waals surface area contributed by atoms with Crippen LogP contribution in [-0.4, -0.2) is 42.0 Å². The molecule has 2 aromatic carbocycles. The second-order valence-corrected chi connectivity index (χ2v) is 14.1. The van der Waals surface area contributed by atoms with Crippen LogP contribution in [0.4, 0.5) is 5.69 Å². The zero-order valence-electron chi connectivity index (χ0n) is 30.1. The molecule has 2 atom stereocenters. The Bertz CT molecular complexity index is 1890. The van der Waals surface area contributed by atoms with Crippen LogP contribution in [0, 0.1) is 19.8 Å². The number of nitrogens with zero attached hydrogens (tertiary/aromatic N) is 1. The highest BCUT2D eigenvalue weighted by atomic mass is 32.1. The lowest BCUT2D eigenvalue weighted by Crippen LogP contribution is -2.44. The molecule has 0 radical (unpaired) electrons. The first-order valence-electron chi connectivity index (χ1n) is 17.5. The molecule has 3 heterocycles. The minimum absolute atomic E-state index is 0.0627. The number of pyridine rings is 1. The van der Waals surface area contributed by atoms with Gasteiger partial charge in [0, 0.05) is 51.3 Å². The molecule has 2 aliphatic rings. The summed E-state index contributed by atoms with van der Waals surface area (Å²) >= 11 is 1.59. The smallest absolute Gasteiger partial charge is 0.357 e.